The van der Waals surface area contributed by atoms with Crippen LogP contribution in [0.1, 0.15) is 252 Å². The first kappa shape index (κ1) is 59.8. The average molecular weight is 886 g/mol. The van der Waals surface area contributed by atoms with E-state index < -0.39 is 20.0 Å². The number of allylic oxidation sites excluding steroid dienone is 1. The monoisotopic (exact) mass is 886 g/mol. The molecular formula is C51H102N2O7P+. The van der Waals surface area contributed by atoms with E-state index in [2.05, 4.69) is 26.1 Å². The summed E-state index contributed by atoms with van der Waals surface area (Å²) in [5, 5.41) is 3.04. The average Bonchev–Trinajstić information content (AvgIpc) is 3.21. The number of quaternary nitrogens is 1. The molecule has 10 heteroatoms. The van der Waals surface area contributed by atoms with E-state index in [9.17, 15) is 19.0 Å². The molecule has 3 atom stereocenters. The van der Waals surface area contributed by atoms with Gasteiger partial charge >= 0.3 is 13.8 Å². The molecule has 0 heterocycles. The molecule has 0 aromatic rings. The highest BCUT2D eigenvalue weighted by molar-refractivity contribution is 7.47. The van der Waals surface area contributed by atoms with Crippen LogP contribution in [0, 0.1) is 0 Å². The summed E-state index contributed by atoms with van der Waals surface area (Å²) in [4.78, 5) is 37.3. The van der Waals surface area contributed by atoms with Gasteiger partial charge in [0.1, 0.15) is 19.3 Å². The molecule has 0 aliphatic heterocycles. The molecule has 3 unspecified atom stereocenters. The number of rotatable bonds is 47. The van der Waals surface area contributed by atoms with E-state index in [1.54, 1.807) is 0 Å². The number of ether oxygens (including phenoxy) is 1. The number of nitrogens with zero attached hydrogens (tertiary/aromatic N) is 1. The first-order valence-corrected chi connectivity index (χ1v) is 27.5. The minimum atomic E-state index is -4.42. The topological polar surface area (TPSA) is 111 Å². The number of hydrogen-bond acceptors (Lipinski definition) is 6. The van der Waals surface area contributed by atoms with Crippen molar-refractivity contribution in [1.29, 1.82) is 0 Å². The van der Waals surface area contributed by atoms with Crippen LogP contribution in [0.5, 0.6) is 0 Å². The number of likely N-dealkylation sites (N-methyl/N-ethyl adjacent to an activating group) is 1. The van der Waals surface area contributed by atoms with Gasteiger partial charge in [0.2, 0.25) is 5.91 Å². The van der Waals surface area contributed by atoms with Gasteiger partial charge in [-0.15, -0.1) is 0 Å². The predicted octanol–water partition coefficient (Wildman–Crippen LogP) is 14.9. The van der Waals surface area contributed by atoms with Crippen molar-refractivity contribution in [2.24, 2.45) is 0 Å². The largest absolute Gasteiger partial charge is 0.472 e. The number of amides is 1. The molecule has 1 amide bonds. The Morgan fingerprint density at radius 1 is 0.557 bits per heavy atom. The summed E-state index contributed by atoms with van der Waals surface area (Å²) in [7, 11) is 1.51. The van der Waals surface area contributed by atoms with Gasteiger partial charge in [-0.25, -0.2) is 4.57 Å². The molecule has 0 spiro atoms. The summed E-state index contributed by atoms with van der Waals surface area (Å²) < 4.78 is 30.5. The van der Waals surface area contributed by atoms with E-state index in [1.807, 2.05) is 33.3 Å². The highest BCUT2D eigenvalue weighted by Gasteiger charge is 2.30. The third-order valence-electron chi connectivity index (χ3n) is 11.7. The van der Waals surface area contributed by atoms with Crippen molar-refractivity contribution in [2.45, 2.75) is 264 Å². The normalized spacial score (nSPS) is 14.0. The molecule has 0 aliphatic carbocycles. The van der Waals surface area contributed by atoms with E-state index in [-0.39, 0.29) is 25.1 Å². The SMILES string of the molecule is CCCCCCCCCCCCC/C=C/C(OC(=O)CCCCCCCCCCCCC)C(COP(=O)(O)OCC[N+](C)(C)C)NC(=O)CCCCCCCCCCCCC. The molecule has 0 bridgehead atoms. The van der Waals surface area contributed by atoms with Gasteiger partial charge < -0.3 is 19.4 Å². The number of unbranched alkanes of at least 4 members (excludes halogenated alkanes) is 31. The van der Waals surface area contributed by atoms with Crippen molar-refractivity contribution in [2.75, 3.05) is 40.9 Å². The van der Waals surface area contributed by atoms with Crippen LogP contribution in [-0.4, -0.2) is 74.3 Å². The summed E-state index contributed by atoms with van der Waals surface area (Å²) >= 11 is 0. The first-order valence-electron chi connectivity index (χ1n) is 26.0. The molecule has 0 saturated carbocycles. The number of hydrogen-bond donors (Lipinski definition) is 2. The molecule has 0 rings (SSSR count). The van der Waals surface area contributed by atoms with Crippen LogP contribution in [-0.2, 0) is 27.9 Å². The molecular weight excluding hydrogens is 784 g/mol. The summed E-state index contributed by atoms with van der Waals surface area (Å²) in [6, 6.07) is -0.836. The highest BCUT2D eigenvalue weighted by atomic mass is 31.2. The number of phosphoric acid groups is 1. The lowest BCUT2D eigenvalue weighted by molar-refractivity contribution is -0.870. The highest BCUT2D eigenvalue weighted by Crippen LogP contribution is 2.43. The minimum absolute atomic E-state index is 0.0450. The van der Waals surface area contributed by atoms with Gasteiger partial charge in [-0.05, 0) is 31.8 Å². The maximum atomic E-state index is 13.4. The maximum absolute atomic E-state index is 13.4. The van der Waals surface area contributed by atoms with Gasteiger partial charge in [0, 0.05) is 12.8 Å². The Kier molecular flexibility index (Phi) is 41.8. The van der Waals surface area contributed by atoms with Crippen LogP contribution in [0.3, 0.4) is 0 Å². The number of carbonyl (C=O) groups is 2. The Labute approximate surface area is 378 Å². The summed E-state index contributed by atoms with van der Waals surface area (Å²) in [5.41, 5.74) is 0. The van der Waals surface area contributed by atoms with Gasteiger partial charge in [-0.1, -0.05) is 219 Å². The van der Waals surface area contributed by atoms with Crippen LogP contribution in [0.15, 0.2) is 12.2 Å². The van der Waals surface area contributed by atoms with Crippen LogP contribution < -0.4 is 5.32 Å². The Bertz CT molecular complexity index is 1070. The third-order valence-corrected chi connectivity index (χ3v) is 12.7. The smallest absolute Gasteiger partial charge is 0.456 e. The molecule has 0 aromatic heterocycles. The van der Waals surface area contributed by atoms with Crippen LogP contribution in [0.25, 0.3) is 0 Å². The van der Waals surface area contributed by atoms with Gasteiger partial charge in [-0.2, -0.15) is 0 Å². The Hall–Kier alpha value is -1.25. The van der Waals surface area contributed by atoms with E-state index >= 15 is 0 Å². The summed E-state index contributed by atoms with van der Waals surface area (Å²) in [6.07, 6.45) is 44.8. The fraction of sp³-hybridized carbons (Fsp3) is 0.922. The van der Waals surface area contributed by atoms with Gasteiger partial charge in [0.05, 0.1) is 33.8 Å². The number of esters is 1. The second-order valence-electron chi connectivity index (χ2n) is 19.1. The molecule has 362 valence electrons. The molecule has 2 N–H and O–H groups in total. The van der Waals surface area contributed by atoms with Crippen molar-refractivity contribution in [1.82, 2.24) is 5.32 Å². The maximum Gasteiger partial charge on any atom is 0.472 e. The first-order chi connectivity index (χ1) is 29.4. The van der Waals surface area contributed by atoms with Gasteiger partial charge in [0.25, 0.3) is 0 Å². The molecule has 0 saturated heterocycles. The van der Waals surface area contributed by atoms with Crippen molar-refractivity contribution in [3.05, 3.63) is 12.2 Å². The summed E-state index contributed by atoms with van der Waals surface area (Å²) in [6.45, 7) is 7.01. The fourth-order valence-electron chi connectivity index (χ4n) is 7.65. The zero-order valence-electron chi connectivity index (χ0n) is 41.2. The van der Waals surface area contributed by atoms with E-state index in [1.165, 1.54) is 161 Å². The van der Waals surface area contributed by atoms with E-state index in [0.29, 0.717) is 23.9 Å². The van der Waals surface area contributed by atoms with Crippen LogP contribution in [0.4, 0.5) is 0 Å². The standard InChI is InChI=1S/C51H101N2O7P/c1-7-10-13-16-19-22-25-26-29-30-33-36-39-42-49(60-51(55)44-41-38-35-32-28-24-21-18-15-12-9-3)48(47-59-61(56,57)58-46-45-53(4,5)6)52-50(54)43-40-37-34-31-27-23-20-17-14-11-8-2/h39,42,48-49H,7-38,40-41,43-47H2,1-6H3,(H-,52,54,56,57)/p+1/b42-39+. The number of nitrogens with one attached hydrogen (secondary N) is 1. The van der Waals surface area contributed by atoms with Gasteiger partial charge in [0.15, 0.2) is 0 Å². The Balaban J connectivity index is 5.43. The second-order valence-corrected chi connectivity index (χ2v) is 20.5. The van der Waals surface area contributed by atoms with Crippen molar-refractivity contribution in [3.63, 3.8) is 0 Å². The summed E-state index contributed by atoms with van der Waals surface area (Å²) in [5.74, 6) is -0.496. The van der Waals surface area contributed by atoms with Crippen molar-refractivity contribution < 1.29 is 37.3 Å². The Morgan fingerprint density at radius 3 is 1.34 bits per heavy atom. The van der Waals surface area contributed by atoms with Crippen LogP contribution >= 0.6 is 7.82 Å². The second kappa shape index (κ2) is 42.7. The minimum Gasteiger partial charge on any atom is -0.456 e. The lowest BCUT2D eigenvalue weighted by Crippen LogP contribution is -2.47. The molecule has 0 fully saturated rings. The zero-order chi connectivity index (χ0) is 45.1. The molecule has 61 heavy (non-hydrogen) atoms. The lowest BCUT2D eigenvalue weighted by atomic mass is 10.0. The van der Waals surface area contributed by atoms with E-state index in [4.69, 9.17) is 13.8 Å². The quantitative estimate of drug-likeness (QED) is 0.0206. The van der Waals surface area contributed by atoms with Crippen molar-refractivity contribution >= 4 is 19.7 Å². The van der Waals surface area contributed by atoms with E-state index in [0.717, 1.165) is 57.8 Å². The van der Waals surface area contributed by atoms with Gasteiger partial charge in [-0.3, -0.25) is 18.6 Å². The molecule has 0 aliphatic rings. The fourth-order valence-corrected chi connectivity index (χ4v) is 8.38. The van der Waals surface area contributed by atoms with Crippen LogP contribution in [0.2, 0.25) is 0 Å². The molecule has 9 nitrogen and oxygen atoms in total. The Morgan fingerprint density at radius 2 is 0.934 bits per heavy atom. The zero-order valence-corrected chi connectivity index (χ0v) is 42.1. The van der Waals surface area contributed by atoms with Crippen molar-refractivity contribution in [3.8, 4) is 0 Å². The number of carbonyl (C=O) groups excluding carboxylic acids is 2. The predicted molar refractivity (Wildman–Crippen MR) is 259 cm³/mol. The number of phosphoric ester groups is 1. The molecule has 0 radical (unpaired) electrons. The third kappa shape index (κ3) is 43.8. The lowest BCUT2D eigenvalue weighted by Gasteiger charge is -2.27. The molecule has 0 aromatic carbocycles.